The van der Waals surface area contributed by atoms with Gasteiger partial charge in [-0.3, -0.25) is 19.6 Å². The van der Waals surface area contributed by atoms with Crippen LogP contribution in [0.15, 0.2) is 0 Å². The molecule has 0 atom stereocenters. The summed E-state index contributed by atoms with van der Waals surface area (Å²) in [7, 11) is 0. The molecule has 0 bridgehead atoms. The first-order valence-corrected chi connectivity index (χ1v) is 16.8. The summed E-state index contributed by atoms with van der Waals surface area (Å²) in [5.74, 6) is 0. The minimum absolute atomic E-state index is 0.0540. The van der Waals surface area contributed by atoms with Crippen LogP contribution in [-0.4, -0.2) is 147 Å². The van der Waals surface area contributed by atoms with E-state index in [0.29, 0.717) is 39.3 Å². The highest BCUT2D eigenvalue weighted by molar-refractivity contribution is 5.88. The summed E-state index contributed by atoms with van der Waals surface area (Å²) in [5.41, 5.74) is -2.37. The van der Waals surface area contributed by atoms with Crippen molar-refractivity contribution in [1.82, 2.24) is 19.6 Å². The second kappa shape index (κ2) is 19.9. The van der Waals surface area contributed by atoms with Gasteiger partial charge < -0.3 is 37.9 Å². The van der Waals surface area contributed by atoms with E-state index < -0.39 is 11.3 Å². The summed E-state index contributed by atoms with van der Waals surface area (Å²) in [6, 6.07) is -0.640. The summed E-state index contributed by atoms with van der Waals surface area (Å²) in [4.78, 5) is 35.2. The molecule has 14 heteroatoms. The van der Waals surface area contributed by atoms with Crippen LogP contribution in [-0.2, 0) is 37.9 Å². The monoisotopic (exact) mass is 662 g/mol. The largest absolute Gasteiger partial charge is 0.376 e. The van der Waals surface area contributed by atoms with Crippen molar-refractivity contribution in [1.29, 1.82) is 0 Å². The van der Waals surface area contributed by atoms with Gasteiger partial charge in [0.2, 0.25) is 0 Å². The smallest absolute Gasteiger partial charge is 0.327 e. The predicted octanol–water partition coefficient (Wildman–Crippen LogP) is 4.27. The molecule has 2 aliphatic heterocycles. The Bertz CT molecular complexity index is 831. The molecule has 0 aromatic heterocycles. The number of ether oxygens (including phenoxy) is 8. The highest BCUT2D eigenvalue weighted by Gasteiger charge is 2.76. The summed E-state index contributed by atoms with van der Waals surface area (Å²) >= 11 is 0. The van der Waals surface area contributed by atoms with E-state index in [1.54, 1.807) is 19.6 Å². The minimum Gasteiger partial charge on any atom is -0.376 e. The fourth-order valence-electron chi connectivity index (χ4n) is 5.75. The first-order valence-electron chi connectivity index (χ1n) is 16.8. The number of amides is 4. The average molecular weight is 663 g/mol. The molecule has 2 saturated heterocycles. The summed E-state index contributed by atoms with van der Waals surface area (Å²) in [6.45, 7) is 21.9. The van der Waals surface area contributed by atoms with Crippen molar-refractivity contribution in [3.63, 3.8) is 0 Å². The van der Waals surface area contributed by atoms with E-state index >= 15 is 0 Å². The number of nitrogens with zero attached hydrogens (tertiary/aromatic N) is 4. The quantitative estimate of drug-likeness (QED) is 0.124. The average Bonchev–Trinajstić information content (AvgIpc) is 3.25. The predicted molar refractivity (Wildman–Crippen MR) is 172 cm³/mol. The zero-order valence-corrected chi connectivity index (χ0v) is 30.1. The standard InChI is InChI=1S/C32H62N4O10/c1-11-12-32-31(10,33(21-39-13-17-43-25(2)3)29(37)35(32)23-41-15-19-45-27(6)7)34(22-40-14-18-44-26(4)5)30(38)36(32)24-42-16-20-46-28(8)9/h25-28H,11-24H2,1-10H3. The maximum absolute atomic E-state index is 14.4. The van der Waals surface area contributed by atoms with E-state index in [1.165, 1.54) is 0 Å². The van der Waals surface area contributed by atoms with Crippen LogP contribution < -0.4 is 0 Å². The zero-order chi connectivity index (χ0) is 34.3. The van der Waals surface area contributed by atoms with Crippen molar-refractivity contribution < 1.29 is 47.5 Å². The van der Waals surface area contributed by atoms with Crippen LogP contribution in [0.2, 0.25) is 0 Å². The number of hydrogen-bond donors (Lipinski definition) is 0. The highest BCUT2D eigenvalue weighted by atomic mass is 16.6. The van der Waals surface area contributed by atoms with E-state index in [4.69, 9.17) is 37.9 Å². The number of carbonyl (C=O) groups excluding carboxylic acids is 2. The lowest BCUT2D eigenvalue weighted by Gasteiger charge is -2.47. The Morgan fingerprint density at radius 2 is 0.783 bits per heavy atom. The molecule has 270 valence electrons. The van der Waals surface area contributed by atoms with Gasteiger partial charge in [0.25, 0.3) is 0 Å². The fraction of sp³-hybridized carbons (Fsp3) is 0.938. The molecule has 2 aliphatic rings. The van der Waals surface area contributed by atoms with Crippen molar-refractivity contribution in [3.05, 3.63) is 0 Å². The third kappa shape index (κ3) is 10.4. The number of urea groups is 2. The molecule has 0 saturated carbocycles. The summed E-state index contributed by atoms with van der Waals surface area (Å²) in [5, 5.41) is 0. The number of rotatable bonds is 26. The van der Waals surface area contributed by atoms with E-state index in [9.17, 15) is 9.59 Å². The van der Waals surface area contributed by atoms with Crippen molar-refractivity contribution in [2.75, 3.05) is 79.8 Å². The number of fused-ring (bicyclic) bond motifs is 1. The molecule has 46 heavy (non-hydrogen) atoms. The first-order chi connectivity index (χ1) is 21.8. The molecular formula is C32H62N4O10. The van der Waals surface area contributed by atoms with Crippen LogP contribution >= 0.6 is 0 Å². The van der Waals surface area contributed by atoms with Crippen molar-refractivity contribution >= 4 is 12.1 Å². The van der Waals surface area contributed by atoms with Crippen LogP contribution in [0, 0.1) is 0 Å². The molecule has 0 aromatic carbocycles. The van der Waals surface area contributed by atoms with Gasteiger partial charge in [0.05, 0.1) is 77.3 Å². The Kier molecular flexibility index (Phi) is 17.5. The molecule has 0 spiro atoms. The summed E-state index contributed by atoms with van der Waals surface area (Å²) < 4.78 is 46.7. The van der Waals surface area contributed by atoms with Crippen LogP contribution in [0.3, 0.4) is 0 Å². The Morgan fingerprint density at radius 1 is 0.500 bits per heavy atom. The number of carbonyl (C=O) groups is 2. The molecule has 0 N–H and O–H groups in total. The fourth-order valence-corrected chi connectivity index (χ4v) is 5.75. The Balaban J connectivity index is 2.46. The van der Waals surface area contributed by atoms with Gasteiger partial charge in [0, 0.05) is 0 Å². The molecule has 2 fully saturated rings. The van der Waals surface area contributed by atoms with E-state index in [1.807, 2.05) is 69.2 Å². The van der Waals surface area contributed by atoms with Gasteiger partial charge in [0.1, 0.15) is 26.9 Å². The van der Waals surface area contributed by atoms with Crippen LogP contribution in [0.5, 0.6) is 0 Å². The lowest BCUT2D eigenvalue weighted by atomic mass is 9.89. The summed E-state index contributed by atoms with van der Waals surface area (Å²) in [6.07, 6.45) is 1.34. The lowest BCUT2D eigenvalue weighted by molar-refractivity contribution is -0.144. The minimum atomic E-state index is -1.20. The molecule has 14 nitrogen and oxygen atoms in total. The Labute approximate surface area is 276 Å². The Morgan fingerprint density at radius 3 is 1.04 bits per heavy atom. The maximum atomic E-state index is 14.4. The van der Waals surface area contributed by atoms with Gasteiger partial charge in [-0.1, -0.05) is 13.3 Å². The van der Waals surface area contributed by atoms with Crippen molar-refractivity contribution in [2.24, 2.45) is 0 Å². The van der Waals surface area contributed by atoms with Crippen molar-refractivity contribution in [2.45, 2.75) is 118 Å². The molecule has 2 heterocycles. The normalized spacial score (nSPS) is 21.9. The maximum Gasteiger partial charge on any atom is 0.327 e. The molecular weight excluding hydrogens is 600 g/mol. The van der Waals surface area contributed by atoms with Crippen LogP contribution in [0.25, 0.3) is 0 Å². The van der Waals surface area contributed by atoms with Crippen LogP contribution in [0.4, 0.5) is 9.59 Å². The van der Waals surface area contributed by atoms with Gasteiger partial charge >= 0.3 is 12.1 Å². The Hall–Kier alpha value is -1.78. The topological polar surface area (TPSA) is 121 Å². The van der Waals surface area contributed by atoms with Gasteiger partial charge in [-0.2, -0.15) is 0 Å². The second-order valence-corrected chi connectivity index (χ2v) is 12.7. The molecule has 0 unspecified atom stereocenters. The molecule has 0 radical (unpaired) electrons. The first kappa shape index (κ1) is 40.4. The second-order valence-electron chi connectivity index (χ2n) is 12.7. The third-order valence-corrected chi connectivity index (χ3v) is 7.82. The molecule has 4 amide bonds. The van der Waals surface area contributed by atoms with Gasteiger partial charge in [-0.15, -0.1) is 0 Å². The van der Waals surface area contributed by atoms with Gasteiger partial charge in [0.15, 0.2) is 11.3 Å². The van der Waals surface area contributed by atoms with E-state index in [-0.39, 0.29) is 89.8 Å². The third-order valence-electron chi connectivity index (χ3n) is 7.82. The van der Waals surface area contributed by atoms with E-state index in [2.05, 4.69) is 0 Å². The SMILES string of the molecule is CCCC12N(COCCOC(C)C)C(=O)N(COCCOC(C)C)C1(C)N(COCCOC(C)C)C(=O)N2COCCOC(C)C. The molecule has 0 aromatic rings. The lowest BCUT2D eigenvalue weighted by Crippen LogP contribution is -2.67. The molecule has 0 aliphatic carbocycles. The van der Waals surface area contributed by atoms with Gasteiger partial charge in [-0.25, -0.2) is 9.59 Å². The van der Waals surface area contributed by atoms with Gasteiger partial charge in [-0.05, 0) is 68.7 Å². The van der Waals surface area contributed by atoms with E-state index in [0.717, 1.165) is 0 Å². The number of hydrogen-bond acceptors (Lipinski definition) is 10. The van der Waals surface area contributed by atoms with Crippen LogP contribution in [0.1, 0.15) is 82.1 Å². The molecule has 2 rings (SSSR count). The highest BCUT2D eigenvalue weighted by Crippen LogP contribution is 2.53. The zero-order valence-electron chi connectivity index (χ0n) is 30.1. The van der Waals surface area contributed by atoms with Crippen molar-refractivity contribution in [3.8, 4) is 0 Å².